The Kier molecular flexibility index (Phi) is 6.83. The van der Waals surface area contributed by atoms with E-state index in [0.29, 0.717) is 52.4 Å². The number of aliphatic imine (C=N–C) groups is 1. The van der Waals surface area contributed by atoms with Crippen LogP contribution in [-0.2, 0) is 20.0 Å². The molecule has 10 heteroatoms. The predicted octanol–water partition coefficient (Wildman–Crippen LogP) is 3.94. The third kappa shape index (κ3) is 4.98. The molecule has 3 rings (SSSR count). The van der Waals surface area contributed by atoms with Crippen molar-refractivity contribution in [3.05, 3.63) is 57.1 Å². The van der Waals surface area contributed by atoms with Crippen molar-refractivity contribution in [3.63, 3.8) is 0 Å². The maximum Gasteiger partial charge on any atom is 0.228 e. The van der Waals surface area contributed by atoms with E-state index in [0.717, 1.165) is 11.3 Å². The highest BCUT2D eigenvalue weighted by Gasteiger charge is 2.11. The van der Waals surface area contributed by atoms with Gasteiger partial charge in [0, 0.05) is 43.3 Å². The number of rotatable bonds is 6. The van der Waals surface area contributed by atoms with Gasteiger partial charge in [0.2, 0.25) is 11.7 Å². The van der Waals surface area contributed by atoms with Gasteiger partial charge in [-0.05, 0) is 18.2 Å². The average molecular weight is 442 g/mol. The minimum Gasteiger partial charge on any atom is -0.356 e. The maximum atomic E-state index is 6.08. The molecule has 0 atom stereocenters. The molecule has 0 saturated carbocycles. The van der Waals surface area contributed by atoms with Crippen LogP contribution >= 0.6 is 34.8 Å². The van der Waals surface area contributed by atoms with Crippen LogP contribution in [0.25, 0.3) is 11.4 Å². The van der Waals surface area contributed by atoms with E-state index >= 15 is 0 Å². The molecule has 0 fully saturated rings. The fourth-order valence-electron chi connectivity index (χ4n) is 2.54. The maximum absolute atomic E-state index is 6.08. The van der Waals surface area contributed by atoms with Crippen LogP contribution in [0.1, 0.15) is 11.6 Å². The lowest BCUT2D eigenvalue weighted by atomic mass is 10.2. The van der Waals surface area contributed by atoms with Crippen molar-refractivity contribution in [3.8, 4) is 11.4 Å². The summed E-state index contributed by atoms with van der Waals surface area (Å²) in [6, 6.07) is 9.14. The second-order valence-corrected chi connectivity index (χ2v) is 7.16. The molecule has 0 spiro atoms. The van der Waals surface area contributed by atoms with Gasteiger partial charge < -0.3 is 19.7 Å². The molecule has 2 heterocycles. The lowest BCUT2D eigenvalue weighted by Gasteiger charge is -2.11. The van der Waals surface area contributed by atoms with Crippen LogP contribution in [0.5, 0.6) is 0 Å². The van der Waals surface area contributed by atoms with E-state index in [2.05, 4.69) is 25.8 Å². The monoisotopic (exact) mass is 440 g/mol. The first-order valence-corrected chi connectivity index (χ1v) is 9.64. The fourth-order valence-corrected chi connectivity index (χ4v) is 3.15. The van der Waals surface area contributed by atoms with Gasteiger partial charge in [-0.1, -0.05) is 52.1 Å². The molecule has 0 saturated heterocycles. The van der Waals surface area contributed by atoms with Crippen LogP contribution in [0.2, 0.25) is 15.2 Å². The number of aromatic nitrogens is 3. The van der Waals surface area contributed by atoms with Crippen LogP contribution in [0, 0.1) is 0 Å². The molecule has 148 valence electrons. The first kappa shape index (κ1) is 20.5. The van der Waals surface area contributed by atoms with E-state index in [1.165, 1.54) is 0 Å². The molecule has 2 aromatic heterocycles. The lowest BCUT2D eigenvalue weighted by molar-refractivity contribution is 0.378. The predicted molar refractivity (Wildman–Crippen MR) is 112 cm³/mol. The number of halogens is 3. The molecule has 1 aromatic carbocycles. The SMILES string of the molecule is CN=C(NCCc1nc(-c2cccc(Cl)c2)no1)NCc1cc(Cl)c(Cl)n1C. The summed E-state index contributed by atoms with van der Waals surface area (Å²) in [5.41, 5.74) is 1.76. The number of nitrogens with one attached hydrogen (secondary N) is 2. The minimum atomic E-state index is 0.508. The number of nitrogens with zero attached hydrogens (tertiary/aromatic N) is 4. The van der Waals surface area contributed by atoms with Gasteiger partial charge in [-0.25, -0.2) is 0 Å². The first-order chi connectivity index (χ1) is 13.5. The van der Waals surface area contributed by atoms with Gasteiger partial charge in [0.05, 0.1) is 11.6 Å². The Morgan fingerprint density at radius 1 is 1.21 bits per heavy atom. The van der Waals surface area contributed by atoms with Crippen LogP contribution in [-0.4, -0.2) is 34.3 Å². The molecule has 0 unspecified atom stereocenters. The van der Waals surface area contributed by atoms with Gasteiger partial charge >= 0.3 is 0 Å². The second-order valence-electron chi connectivity index (χ2n) is 5.96. The van der Waals surface area contributed by atoms with Crippen molar-refractivity contribution in [1.29, 1.82) is 0 Å². The largest absolute Gasteiger partial charge is 0.356 e. The van der Waals surface area contributed by atoms with E-state index in [1.54, 1.807) is 19.2 Å². The fraction of sp³-hybridized carbons (Fsp3) is 0.278. The molecule has 0 aliphatic carbocycles. The summed E-state index contributed by atoms with van der Waals surface area (Å²) in [5.74, 6) is 1.68. The van der Waals surface area contributed by atoms with E-state index in [9.17, 15) is 0 Å². The Morgan fingerprint density at radius 3 is 2.71 bits per heavy atom. The summed E-state index contributed by atoms with van der Waals surface area (Å²) in [6.07, 6.45) is 0.552. The summed E-state index contributed by atoms with van der Waals surface area (Å²) in [5, 5.41) is 12.1. The highest BCUT2D eigenvalue weighted by Crippen LogP contribution is 2.25. The van der Waals surface area contributed by atoms with Crippen molar-refractivity contribution in [1.82, 2.24) is 25.3 Å². The zero-order valence-electron chi connectivity index (χ0n) is 15.3. The normalized spacial score (nSPS) is 11.7. The van der Waals surface area contributed by atoms with Gasteiger partial charge in [-0.3, -0.25) is 4.99 Å². The molecular formula is C18H19Cl3N6O. The number of hydrogen-bond donors (Lipinski definition) is 2. The number of benzene rings is 1. The van der Waals surface area contributed by atoms with Crippen LogP contribution < -0.4 is 10.6 Å². The van der Waals surface area contributed by atoms with Crippen molar-refractivity contribution in [2.75, 3.05) is 13.6 Å². The molecular weight excluding hydrogens is 423 g/mol. The van der Waals surface area contributed by atoms with E-state index in [1.807, 2.05) is 29.8 Å². The Labute approximate surface area is 177 Å². The smallest absolute Gasteiger partial charge is 0.228 e. The van der Waals surface area contributed by atoms with Gasteiger partial charge in [0.25, 0.3) is 0 Å². The lowest BCUT2D eigenvalue weighted by Crippen LogP contribution is -2.38. The Balaban J connectivity index is 1.50. The molecule has 0 aliphatic rings. The standard InChI is InChI=1S/C18H19Cl3N6O/c1-22-18(24-10-13-9-14(20)16(21)27(13)2)23-7-6-15-25-17(26-28-15)11-4-3-5-12(19)8-11/h3-5,8-9H,6-7,10H2,1-2H3,(H2,22,23,24). The van der Waals surface area contributed by atoms with Crippen LogP contribution in [0.4, 0.5) is 0 Å². The quantitative estimate of drug-likeness (QED) is 0.447. The van der Waals surface area contributed by atoms with Crippen molar-refractivity contribution in [2.45, 2.75) is 13.0 Å². The third-order valence-corrected chi connectivity index (χ3v) is 5.14. The van der Waals surface area contributed by atoms with E-state index in [-0.39, 0.29) is 0 Å². The summed E-state index contributed by atoms with van der Waals surface area (Å²) >= 11 is 18.1. The summed E-state index contributed by atoms with van der Waals surface area (Å²) in [6.45, 7) is 1.10. The van der Waals surface area contributed by atoms with E-state index in [4.69, 9.17) is 39.3 Å². The molecule has 0 radical (unpaired) electrons. The van der Waals surface area contributed by atoms with Crippen molar-refractivity contribution >= 4 is 40.8 Å². The van der Waals surface area contributed by atoms with Crippen LogP contribution in [0.15, 0.2) is 39.8 Å². The van der Waals surface area contributed by atoms with Gasteiger partial charge in [0.15, 0.2) is 5.96 Å². The molecule has 28 heavy (non-hydrogen) atoms. The van der Waals surface area contributed by atoms with Crippen molar-refractivity contribution < 1.29 is 4.52 Å². The third-order valence-electron chi connectivity index (χ3n) is 4.06. The number of hydrogen-bond acceptors (Lipinski definition) is 4. The zero-order chi connectivity index (χ0) is 20.1. The first-order valence-electron chi connectivity index (χ1n) is 8.50. The van der Waals surface area contributed by atoms with Gasteiger partial charge in [-0.2, -0.15) is 4.98 Å². The Hall–Kier alpha value is -2.22. The minimum absolute atomic E-state index is 0.508. The molecule has 3 aromatic rings. The van der Waals surface area contributed by atoms with E-state index < -0.39 is 0 Å². The highest BCUT2D eigenvalue weighted by molar-refractivity contribution is 6.41. The molecule has 2 N–H and O–H groups in total. The summed E-state index contributed by atoms with van der Waals surface area (Å²) in [4.78, 5) is 8.59. The summed E-state index contributed by atoms with van der Waals surface area (Å²) in [7, 11) is 3.55. The number of guanidine groups is 1. The molecule has 7 nitrogen and oxygen atoms in total. The highest BCUT2D eigenvalue weighted by atomic mass is 35.5. The Bertz CT molecular complexity index is 982. The topological polar surface area (TPSA) is 80.3 Å². The average Bonchev–Trinajstić information content (AvgIpc) is 3.25. The molecule has 0 aliphatic heterocycles. The van der Waals surface area contributed by atoms with Crippen LogP contribution in [0.3, 0.4) is 0 Å². The Morgan fingerprint density at radius 2 is 2.04 bits per heavy atom. The molecule has 0 amide bonds. The van der Waals surface area contributed by atoms with Gasteiger partial charge in [0.1, 0.15) is 5.15 Å². The second kappa shape index (κ2) is 9.32. The molecule has 0 bridgehead atoms. The van der Waals surface area contributed by atoms with Gasteiger partial charge in [-0.15, -0.1) is 0 Å². The summed E-state index contributed by atoms with van der Waals surface area (Å²) < 4.78 is 7.12. The van der Waals surface area contributed by atoms with Crippen molar-refractivity contribution in [2.24, 2.45) is 12.0 Å². The zero-order valence-corrected chi connectivity index (χ0v) is 17.6.